The van der Waals surface area contributed by atoms with Crippen LogP contribution in [0.2, 0.25) is 0 Å². The summed E-state index contributed by atoms with van der Waals surface area (Å²) in [6.07, 6.45) is 3.46. The summed E-state index contributed by atoms with van der Waals surface area (Å²) in [5.74, 6) is 2.51. The van der Waals surface area contributed by atoms with Crippen molar-refractivity contribution in [1.29, 1.82) is 0 Å². The molecule has 0 radical (unpaired) electrons. The van der Waals surface area contributed by atoms with Gasteiger partial charge in [0.2, 0.25) is 5.54 Å². The number of nitro groups is 1. The SMILES string of the molecule is Cc1cc(-c2ccn3nc(Nc4cc(C)nc(C)n4)cc3c2)c(OCC(C)(C)[N+](=O)[O-])cn1. The van der Waals surface area contributed by atoms with Gasteiger partial charge in [-0.2, -0.15) is 5.10 Å². The number of hydrogen-bond acceptors (Lipinski definition) is 8. The van der Waals surface area contributed by atoms with Gasteiger partial charge in [0.05, 0.1) is 11.7 Å². The second-order valence-electron chi connectivity index (χ2n) is 8.56. The van der Waals surface area contributed by atoms with Gasteiger partial charge in [-0.15, -0.1) is 0 Å². The van der Waals surface area contributed by atoms with Crippen LogP contribution in [0.5, 0.6) is 5.75 Å². The smallest absolute Gasteiger partial charge is 0.250 e. The second kappa shape index (κ2) is 8.45. The van der Waals surface area contributed by atoms with Crippen LogP contribution >= 0.6 is 0 Å². The molecule has 0 aliphatic heterocycles. The van der Waals surface area contributed by atoms with Crippen molar-refractivity contribution in [3.63, 3.8) is 0 Å². The molecule has 0 saturated heterocycles. The van der Waals surface area contributed by atoms with Gasteiger partial charge < -0.3 is 10.1 Å². The van der Waals surface area contributed by atoms with Crippen molar-refractivity contribution >= 4 is 17.2 Å². The number of aryl methyl sites for hydroxylation is 3. The molecule has 0 aliphatic carbocycles. The summed E-state index contributed by atoms with van der Waals surface area (Å²) < 4.78 is 7.60. The summed E-state index contributed by atoms with van der Waals surface area (Å²) in [7, 11) is 0. The van der Waals surface area contributed by atoms with E-state index in [4.69, 9.17) is 4.74 Å². The van der Waals surface area contributed by atoms with Crippen LogP contribution in [0.15, 0.2) is 42.7 Å². The molecule has 0 fully saturated rings. The Morgan fingerprint density at radius 3 is 2.61 bits per heavy atom. The molecular formula is C23H25N7O3. The van der Waals surface area contributed by atoms with E-state index in [0.717, 1.165) is 28.0 Å². The maximum absolute atomic E-state index is 11.3. The Kier molecular flexibility index (Phi) is 5.67. The van der Waals surface area contributed by atoms with Gasteiger partial charge in [0, 0.05) is 54.1 Å². The number of anilines is 2. The van der Waals surface area contributed by atoms with Crippen molar-refractivity contribution in [2.45, 2.75) is 40.2 Å². The molecule has 4 aromatic rings. The van der Waals surface area contributed by atoms with E-state index >= 15 is 0 Å². The van der Waals surface area contributed by atoms with Gasteiger partial charge in [-0.3, -0.25) is 15.1 Å². The molecule has 170 valence electrons. The quantitative estimate of drug-likeness (QED) is 0.329. The molecule has 0 bridgehead atoms. The van der Waals surface area contributed by atoms with Gasteiger partial charge in [0.25, 0.3) is 0 Å². The van der Waals surface area contributed by atoms with E-state index < -0.39 is 5.54 Å². The van der Waals surface area contributed by atoms with Crippen LogP contribution in [0.25, 0.3) is 16.6 Å². The van der Waals surface area contributed by atoms with E-state index in [1.54, 1.807) is 10.7 Å². The third kappa shape index (κ3) is 4.89. The summed E-state index contributed by atoms with van der Waals surface area (Å²) in [5, 5.41) is 19.0. The number of rotatable bonds is 7. The zero-order valence-corrected chi connectivity index (χ0v) is 19.2. The van der Waals surface area contributed by atoms with Gasteiger partial charge in [0.15, 0.2) is 12.4 Å². The molecule has 4 aromatic heterocycles. The van der Waals surface area contributed by atoms with Crippen LogP contribution in [0.1, 0.15) is 31.1 Å². The topological polar surface area (TPSA) is 120 Å². The molecule has 0 aliphatic rings. The molecule has 4 heterocycles. The molecule has 0 saturated carbocycles. The highest BCUT2D eigenvalue weighted by molar-refractivity contribution is 5.75. The third-order valence-corrected chi connectivity index (χ3v) is 5.08. The lowest BCUT2D eigenvalue weighted by atomic mass is 10.1. The number of nitrogens with one attached hydrogen (secondary N) is 1. The highest BCUT2D eigenvalue weighted by atomic mass is 16.6. The van der Waals surface area contributed by atoms with E-state index in [9.17, 15) is 10.1 Å². The van der Waals surface area contributed by atoms with Crippen LogP contribution < -0.4 is 10.1 Å². The van der Waals surface area contributed by atoms with Crippen LogP contribution in [-0.2, 0) is 0 Å². The lowest BCUT2D eigenvalue weighted by molar-refractivity contribution is -0.562. The van der Waals surface area contributed by atoms with Crippen LogP contribution in [0, 0.1) is 30.9 Å². The molecule has 0 unspecified atom stereocenters. The molecule has 10 heteroatoms. The van der Waals surface area contributed by atoms with Gasteiger partial charge in [-0.25, -0.2) is 14.5 Å². The number of ether oxygens (including phenoxy) is 1. The number of hydrogen-bond donors (Lipinski definition) is 1. The molecule has 0 spiro atoms. The summed E-state index contributed by atoms with van der Waals surface area (Å²) in [6.45, 7) is 8.64. The van der Waals surface area contributed by atoms with Crippen molar-refractivity contribution in [2.75, 3.05) is 11.9 Å². The summed E-state index contributed by atoms with van der Waals surface area (Å²) in [5.41, 5.74) is 3.04. The molecule has 33 heavy (non-hydrogen) atoms. The zero-order valence-electron chi connectivity index (χ0n) is 19.2. The average molecular weight is 447 g/mol. The fraction of sp³-hybridized carbons (Fsp3) is 0.304. The first-order valence-electron chi connectivity index (χ1n) is 10.4. The standard InChI is InChI=1S/C23H25N7O3/c1-14-8-19(20(12-24-14)33-13-23(4,5)30(31)32)17-6-7-29-18(10-17)11-22(28-29)27-21-9-15(2)25-16(3)26-21/h6-12H,13H2,1-5H3,(H,25,26,27,28). The fourth-order valence-electron chi connectivity index (χ4n) is 3.33. The minimum absolute atomic E-state index is 0.0709. The maximum Gasteiger partial charge on any atom is 0.250 e. The lowest BCUT2D eigenvalue weighted by Crippen LogP contribution is -2.37. The molecule has 0 aromatic carbocycles. The Morgan fingerprint density at radius 1 is 1.09 bits per heavy atom. The Morgan fingerprint density at radius 2 is 1.88 bits per heavy atom. The Balaban J connectivity index is 1.65. The summed E-state index contributed by atoms with van der Waals surface area (Å²) in [4.78, 5) is 23.9. The lowest BCUT2D eigenvalue weighted by Gasteiger charge is -2.18. The monoisotopic (exact) mass is 447 g/mol. The number of pyridine rings is 2. The van der Waals surface area contributed by atoms with E-state index in [1.807, 2.05) is 57.3 Å². The molecule has 1 N–H and O–H groups in total. The normalized spacial score (nSPS) is 11.5. The Bertz CT molecular complexity index is 1330. The van der Waals surface area contributed by atoms with E-state index in [1.165, 1.54) is 13.8 Å². The highest BCUT2D eigenvalue weighted by Gasteiger charge is 2.32. The van der Waals surface area contributed by atoms with E-state index in [-0.39, 0.29) is 11.5 Å². The minimum Gasteiger partial charge on any atom is -0.484 e. The largest absolute Gasteiger partial charge is 0.484 e. The Labute approximate surface area is 190 Å². The van der Waals surface area contributed by atoms with E-state index in [2.05, 4.69) is 25.4 Å². The first-order chi connectivity index (χ1) is 15.6. The maximum atomic E-state index is 11.3. The highest BCUT2D eigenvalue weighted by Crippen LogP contribution is 2.32. The molecule has 0 atom stereocenters. The van der Waals surface area contributed by atoms with Crippen molar-refractivity contribution in [3.8, 4) is 16.9 Å². The summed E-state index contributed by atoms with van der Waals surface area (Å²) in [6, 6.07) is 9.58. The third-order valence-electron chi connectivity index (χ3n) is 5.08. The van der Waals surface area contributed by atoms with Gasteiger partial charge in [-0.1, -0.05) is 0 Å². The first kappa shape index (κ1) is 22.1. The van der Waals surface area contributed by atoms with Gasteiger partial charge in [-0.05, 0) is 44.5 Å². The Hall–Kier alpha value is -4.08. The average Bonchev–Trinajstić information content (AvgIpc) is 3.13. The first-order valence-corrected chi connectivity index (χ1v) is 10.4. The second-order valence-corrected chi connectivity index (χ2v) is 8.56. The van der Waals surface area contributed by atoms with Crippen LogP contribution in [0.4, 0.5) is 11.6 Å². The minimum atomic E-state index is -1.21. The van der Waals surface area contributed by atoms with E-state index in [0.29, 0.717) is 23.2 Å². The molecule has 10 nitrogen and oxygen atoms in total. The fourth-order valence-corrected chi connectivity index (χ4v) is 3.33. The molecular weight excluding hydrogens is 422 g/mol. The zero-order chi connectivity index (χ0) is 23.8. The predicted octanol–water partition coefficient (Wildman–Crippen LogP) is 4.29. The summed E-state index contributed by atoms with van der Waals surface area (Å²) >= 11 is 0. The van der Waals surface area contributed by atoms with Crippen molar-refractivity contribution in [2.24, 2.45) is 0 Å². The van der Waals surface area contributed by atoms with Crippen LogP contribution in [-0.4, -0.2) is 41.6 Å². The van der Waals surface area contributed by atoms with Crippen molar-refractivity contribution in [3.05, 3.63) is 70.1 Å². The molecule has 4 rings (SSSR count). The van der Waals surface area contributed by atoms with Crippen molar-refractivity contribution < 1.29 is 9.66 Å². The van der Waals surface area contributed by atoms with Crippen molar-refractivity contribution in [1.82, 2.24) is 24.6 Å². The van der Waals surface area contributed by atoms with Gasteiger partial charge in [0.1, 0.15) is 17.4 Å². The number of fused-ring (bicyclic) bond motifs is 1. The molecule has 0 amide bonds. The van der Waals surface area contributed by atoms with Crippen LogP contribution in [0.3, 0.4) is 0 Å². The van der Waals surface area contributed by atoms with Gasteiger partial charge >= 0.3 is 0 Å². The number of nitrogens with zero attached hydrogens (tertiary/aromatic N) is 6. The number of aromatic nitrogens is 5. The predicted molar refractivity (Wildman–Crippen MR) is 125 cm³/mol.